The Balaban J connectivity index is 2.55. The molecule has 4 nitrogen and oxygen atoms in total. The number of aromatic nitrogens is 2. The molecule has 0 saturated carbocycles. The molecule has 0 bridgehead atoms. The number of ether oxygens (including phenoxy) is 2. The highest BCUT2D eigenvalue weighted by molar-refractivity contribution is 5.19. The SMILES string of the molecule is C=C(C)COc1cc(OCC#CC)ncn1. The summed E-state index contributed by atoms with van der Waals surface area (Å²) in [6, 6.07) is 1.63. The van der Waals surface area contributed by atoms with Crippen molar-refractivity contribution in [2.75, 3.05) is 13.2 Å². The fraction of sp³-hybridized carbons (Fsp3) is 0.333. The average Bonchev–Trinajstić information content (AvgIpc) is 2.27. The molecular weight excluding hydrogens is 204 g/mol. The van der Waals surface area contributed by atoms with Crippen LogP contribution in [-0.4, -0.2) is 23.2 Å². The molecule has 0 spiro atoms. The van der Waals surface area contributed by atoms with Crippen molar-refractivity contribution in [1.29, 1.82) is 0 Å². The van der Waals surface area contributed by atoms with Crippen LogP contribution in [0, 0.1) is 11.8 Å². The lowest BCUT2D eigenvalue weighted by atomic mass is 10.4. The molecule has 84 valence electrons. The van der Waals surface area contributed by atoms with E-state index in [1.54, 1.807) is 13.0 Å². The smallest absolute Gasteiger partial charge is 0.221 e. The molecule has 1 heterocycles. The molecule has 0 radical (unpaired) electrons. The van der Waals surface area contributed by atoms with Gasteiger partial charge in [0, 0.05) is 0 Å². The van der Waals surface area contributed by atoms with Crippen LogP contribution >= 0.6 is 0 Å². The number of hydrogen-bond acceptors (Lipinski definition) is 4. The van der Waals surface area contributed by atoms with Crippen LogP contribution < -0.4 is 9.47 Å². The van der Waals surface area contributed by atoms with Crippen LogP contribution in [0.25, 0.3) is 0 Å². The molecule has 0 aromatic carbocycles. The van der Waals surface area contributed by atoms with E-state index in [-0.39, 0.29) is 0 Å². The van der Waals surface area contributed by atoms with Gasteiger partial charge in [-0.1, -0.05) is 12.5 Å². The van der Waals surface area contributed by atoms with Gasteiger partial charge in [0.1, 0.15) is 12.9 Å². The van der Waals surface area contributed by atoms with E-state index in [2.05, 4.69) is 28.4 Å². The third kappa shape index (κ3) is 4.47. The fourth-order valence-corrected chi connectivity index (χ4v) is 0.860. The topological polar surface area (TPSA) is 44.2 Å². The van der Waals surface area contributed by atoms with Gasteiger partial charge < -0.3 is 9.47 Å². The quantitative estimate of drug-likeness (QED) is 0.558. The van der Waals surface area contributed by atoms with Gasteiger partial charge in [-0.15, -0.1) is 5.92 Å². The Bertz CT molecular complexity index is 419. The summed E-state index contributed by atoms with van der Waals surface area (Å²) in [7, 11) is 0. The van der Waals surface area contributed by atoms with Gasteiger partial charge in [0.05, 0.1) is 6.07 Å². The van der Waals surface area contributed by atoms with E-state index in [1.807, 2.05) is 6.92 Å². The van der Waals surface area contributed by atoms with Crippen LogP contribution in [0.3, 0.4) is 0 Å². The zero-order valence-electron chi connectivity index (χ0n) is 9.49. The number of nitrogens with zero attached hydrogens (tertiary/aromatic N) is 2. The third-order valence-corrected chi connectivity index (χ3v) is 1.55. The van der Waals surface area contributed by atoms with Gasteiger partial charge in [-0.2, -0.15) is 0 Å². The van der Waals surface area contributed by atoms with Gasteiger partial charge in [0.2, 0.25) is 11.8 Å². The molecule has 0 aliphatic carbocycles. The Labute approximate surface area is 95.3 Å². The highest BCUT2D eigenvalue weighted by atomic mass is 16.5. The number of rotatable bonds is 5. The van der Waals surface area contributed by atoms with E-state index in [0.717, 1.165) is 5.57 Å². The molecule has 1 rings (SSSR count). The van der Waals surface area contributed by atoms with E-state index in [0.29, 0.717) is 25.0 Å². The van der Waals surface area contributed by atoms with Crippen molar-refractivity contribution in [3.63, 3.8) is 0 Å². The second-order valence-electron chi connectivity index (χ2n) is 3.16. The minimum atomic E-state index is 0.313. The molecule has 1 aromatic rings. The van der Waals surface area contributed by atoms with Crippen LogP contribution in [0.4, 0.5) is 0 Å². The van der Waals surface area contributed by atoms with Crippen molar-refractivity contribution in [1.82, 2.24) is 9.97 Å². The lowest BCUT2D eigenvalue weighted by Crippen LogP contribution is -2.01. The van der Waals surface area contributed by atoms with E-state index >= 15 is 0 Å². The van der Waals surface area contributed by atoms with Gasteiger partial charge >= 0.3 is 0 Å². The van der Waals surface area contributed by atoms with Gasteiger partial charge in [-0.3, -0.25) is 0 Å². The predicted octanol–water partition coefficient (Wildman–Crippen LogP) is 1.83. The van der Waals surface area contributed by atoms with Crippen LogP contribution in [0.1, 0.15) is 13.8 Å². The average molecular weight is 218 g/mol. The largest absolute Gasteiger partial charge is 0.473 e. The predicted molar refractivity (Wildman–Crippen MR) is 61.3 cm³/mol. The fourth-order valence-electron chi connectivity index (χ4n) is 0.860. The summed E-state index contributed by atoms with van der Waals surface area (Å²) in [5.74, 6) is 6.43. The third-order valence-electron chi connectivity index (χ3n) is 1.55. The molecule has 0 aliphatic rings. The first-order chi connectivity index (χ1) is 7.72. The second kappa shape index (κ2) is 6.46. The monoisotopic (exact) mass is 218 g/mol. The summed E-state index contributed by atoms with van der Waals surface area (Å²) in [5.41, 5.74) is 0.929. The standard InChI is InChI=1S/C12H14N2O2/c1-4-5-6-15-11-7-12(14-9-13-11)16-8-10(2)3/h7,9H,2,6,8H2,1,3H3. The Morgan fingerprint density at radius 2 is 2.06 bits per heavy atom. The highest BCUT2D eigenvalue weighted by Crippen LogP contribution is 2.13. The minimum Gasteiger partial charge on any atom is -0.473 e. The molecule has 0 saturated heterocycles. The Hall–Kier alpha value is -2.02. The summed E-state index contributed by atoms with van der Waals surface area (Å²) in [6.45, 7) is 8.12. The van der Waals surface area contributed by atoms with E-state index in [9.17, 15) is 0 Å². The van der Waals surface area contributed by atoms with Gasteiger partial charge in [-0.25, -0.2) is 9.97 Å². The first-order valence-electron chi connectivity index (χ1n) is 4.84. The first-order valence-corrected chi connectivity index (χ1v) is 4.84. The second-order valence-corrected chi connectivity index (χ2v) is 3.16. The lowest BCUT2D eigenvalue weighted by molar-refractivity contribution is 0.322. The molecule has 0 atom stereocenters. The summed E-state index contributed by atoms with van der Waals surface area (Å²) < 4.78 is 10.6. The van der Waals surface area contributed by atoms with Crippen molar-refractivity contribution in [2.24, 2.45) is 0 Å². The van der Waals surface area contributed by atoms with Crippen LogP contribution in [0.5, 0.6) is 11.8 Å². The summed E-state index contributed by atoms with van der Waals surface area (Å²) in [5, 5.41) is 0. The Morgan fingerprint density at radius 3 is 2.69 bits per heavy atom. The molecule has 16 heavy (non-hydrogen) atoms. The van der Waals surface area contributed by atoms with Crippen molar-refractivity contribution in [2.45, 2.75) is 13.8 Å². The molecule has 0 unspecified atom stereocenters. The molecule has 0 amide bonds. The lowest BCUT2D eigenvalue weighted by Gasteiger charge is -2.05. The summed E-state index contributed by atoms with van der Waals surface area (Å²) >= 11 is 0. The van der Waals surface area contributed by atoms with Gasteiger partial charge in [0.25, 0.3) is 0 Å². The molecule has 0 N–H and O–H groups in total. The molecular formula is C12H14N2O2. The van der Waals surface area contributed by atoms with Crippen LogP contribution in [-0.2, 0) is 0 Å². The van der Waals surface area contributed by atoms with Gasteiger partial charge in [-0.05, 0) is 19.4 Å². The maximum atomic E-state index is 5.35. The normalized spacial score (nSPS) is 8.88. The Kier molecular flexibility index (Phi) is 4.87. The Morgan fingerprint density at radius 1 is 1.38 bits per heavy atom. The van der Waals surface area contributed by atoms with Crippen molar-refractivity contribution in [3.8, 4) is 23.6 Å². The molecule has 4 heteroatoms. The molecule has 0 aliphatic heterocycles. The summed E-state index contributed by atoms with van der Waals surface area (Å²) in [4.78, 5) is 7.88. The van der Waals surface area contributed by atoms with E-state index in [1.165, 1.54) is 6.33 Å². The van der Waals surface area contributed by atoms with Crippen molar-refractivity contribution in [3.05, 3.63) is 24.5 Å². The van der Waals surface area contributed by atoms with E-state index in [4.69, 9.17) is 9.47 Å². The molecule has 1 aromatic heterocycles. The first kappa shape index (κ1) is 12.1. The minimum absolute atomic E-state index is 0.313. The highest BCUT2D eigenvalue weighted by Gasteiger charge is 2.00. The maximum absolute atomic E-state index is 5.35. The van der Waals surface area contributed by atoms with Crippen LogP contribution in [0.15, 0.2) is 24.5 Å². The van der Waals surface area contributed by atoms with Crippen molar-refractivity contribution < 1.29 is 9.47 Å². The maximum Gasteiger partial charge on any atom is 0.221 e. The zero-order valence-corrected chi connectivity index (χ0v) is 9.49. The summed E-state index contributed by atoms with van der Waals surface area (Å²) in [6.07, 6.45) is 1.39. The zero-order chi connectivity index (χ0) is 11.8. The van der Waals surface area contributed by atoms with E-state index < -0.39 is 0 Å². The molecule has 0 fully saturated rings. The van der Waals surface area contributed by atoms with Gasteiger partial charge in [0.15, 0.2) is 6.61 Å². The van der Waals surface area contributed by atoms with Crippen molar-refractivity contribution >= 4 is 0 Å². The number of hydrogen-bond donors (Lipinski definition) is 0. The van der Waals surface area contributed by atoms with Crippen LogP contribution in [0.2, 0.25) is 0 Å².